The molecule has 0 bridgehead atoms. The van der Waals surface area contributed by atoms with Crippen molar-refractivity contribution in [2.24, 2.45) is 0 Å². The molecule has 0 saturated heterocycles. The Bertz CT molecular complexity index is 1190. The highest BCUT2D eigenvalue weighted by atomic mass is 32.1. The topological polar surface area (TPSA) is 141 Å². The highest BCUT2D eigenvalue weighted by Crippen LogP contribution is 2.22. The SMILES string of the molecule is COc1cc(OC)cc(C(=O)NCCC(=O)Nc2nnc(CCNC(=O)c3cccc(OC)c3)s2)c1. The van der Waals surface area contributed by atoms with E-state index in [0.29, 0.717) is 51.5 Å². The number of carbonyl (C=O) groups excluding carboxylic acids is 3. The van der Waals surface area contributed by atoms with Gasteiger partial charge in [-0.1, -0.05) is 17.4 Å². The Morgan fingerprint density at radius 2 is 1.44 bits per heavy atom. The van der Waals surface area contributed by atoms with Gasteiger partial charge in [0.25, 0.3) is 11.8 Å². The molecule has 1 aromatic heterocycles. The highest BCUT2D eigenvalue weighted by molar-refractivity contribution is 7.15. The summed E-state index contributed by atoms with van der Waals surface area (Å²) in [5.74, 6) is 0.698. The smallest absolute Gasteiger partial charge is 0.251 e. The van der Waals surface area contributed by atoms with Gasteiger partial charge in [0, 0.05) is 43.1 Å². The largest absolute Gasteiger partial charge is 0.497 e. The summed E-state index contributed by atoms with van der Waals surface area (Å²) in [5, 5.41) is 17.2. The lowest BCUT2D eigenvalue weighted by atomic mass is 10.2. The van der Waals surface area contributed by atoms with E-state index >= 15 is 0 Å². The van der Waals surface area contributed by atoms with Crippen molar-refractivity contribution in [2.45, 2.75) is 12.8 Å². The normalized spacial score (nSPS) is 10.3. The number of anilines is 1. The third-order valence-electron chi connectivity index (χ3n) is 4.92. The first-order chi connectivity index (χ1) is 17.4. The van der Waals surface area contributed by atoms with E-state index in [1.165, 1.54) is 25.6 Å². The minimum absolute atomic E-state index is 0.0539. The first-order valence-electron chi connectivity index (χ1n) is 11.0. The second-order valence-electron chi connectivity index (χ2n) is 7.39. The lowest BCUT2D eigenvalue weighted by Crippen LogP contribution is -2.27. The van der Waals surface area contributed by atoms with Crippen molar-refractivity contribution >= 4 is 34.2 Å². The van der Waals surface area contributed by atoms with Crippen LogP contribution in [-0.2, 0) is 11.2 Å². The second kappa shape index (κ2) is 13.0. The van der Waals surface area contributed by atoms with Gasteiger partial charge in [-0.3, -0.25) is 14.4 Å². The number of hydrogen-bond donors (Lipinski definition) is 3. The van der Waals surface area contributed by atoms with Gasteiger partial charge in [0.15, 0.2) is 0 Å². The van der Waals surface area contributed by atoms with Crippen LogP contribution in [0.3, 0.4) is 0 Å². The maximum absolute atomic E-state index is 12.4. The van der Waals surface area contributed by atoms with E-state index in [9.17, 15) is 14.4 Å². The van der Waals surface area contributed by atoms with Gasteiger partial charge < -0.3 is 30.2 Å². The molecule has 3 aromatic rings. The summed E-state index contributed by atoms with van der Waals surface area (Å²) in [5.41, 5.74) is 0.857. The molecule has 0 atom stereocenters. The van der Waals surface area contributed by atoms with E-state index in [-0.39, 0.29) is 30.7 Å². The molecule has 190 valence electrons. The molecule has 0 radical (unpaired) electrons. The molecule has 3 rings (SSSR count). The van der Waals surface area contributed by atoms with Crippen molar-refractivity contribution in [1.82, 2.24) is 20.8 Å². The van der Waals surface area contributed by atoms with Crippen molar-refractivity contribution in [3.8, 4) is 17.2 Å². The zero-order valence-corrected chi connectivity index (χ0v) is 20.9. The zero-order chi connectivity index (χ0) is 25.9. The fourth-order valence-corrected chi connectivity index (χ4v) is 3.82. The van der Waals surface area contributed by atoms with Crippen molar-refractivity contribution < 1.29 is 28.6 Å². The average molecular weight is 514 g/mol. The van der Waals surface area contributed by atoms with Gasteiger partial charge in [-0.2, -0.15) is 0 Å². The molecule has 11 nitrogen and oxygen atoms in total. The molecule has 3 amide bonds. The molecule has 0 fully saturated rings. The lowest BCUT2D eigenvalue weighted by Gasteiger charge is -2.09. The van der Waals surface area contributed by atoms with Crippen LogP contribution in [0.25, 0.3) is 0 Å². The quantitative estimate of drug-likeness (QED) is 0.335. The first-order valence-corrected chi connectivity index (χ1v) is 11.8. The Kier molecular flexibility index (Phi) is 9.57. The molecule has 36 heavy (non-hydrogen) atoms. The summed E-state index contributed by atoms with van der Waals surface area (Å²) in [6.07, 6.45) is 0.516. The average Bonchev–Trinajstić information content (AvgIpc) is 3.34. The number of hydrogen-bond acceptors (Lipinski definition) is 9. The summed E-state index contributed by atoms with van der Waals surface area (Å²) < 4.78 is 15.5. The number of nitrogens with one attached hydrogen (secondary N) is 3. The third-order valence-corrected chi connectivity index (χ3v) is 5.82. The molecule has 2 aromatic carbocycles. The molecule has 0 spiro atoms. The number of aromatic nitrogens is 2. The van der Waals surface area contributed by atoms with Crippen LogP contribution < -0.4 is 30.2 Å². The van der Waals surface area contributed by atoms with E-state index < -0.39 is 0 Å². The monoisotopic (exact) mass is 513 g/mol. The van der Waals surface area contributed by atoms with E-state index in [0.717, 1.165) is 0 Å². The predicted octanol–water partition coefficient (Wildman–Crippen LogP) is 2.30. The number of methoxy groups -OCH3 is 3. The van der Waals surface area contributed by atoms with Crippen LogP contribution in [0.2, 0.25) is 0 Å². The number of ether oxygens (including phenoxy) is 3. The van der Waals surface area contributed by atoms with Gasteiger partial charge in [0.05, 0.1) is 21.3 Å². The minimum Gasteiger partial charge on any atom is -0.497 e. The van der Waals surface area contributed by atoms with Crippen molar-refractivity contribution in [3.05, 3.63) is 58.6 Å². The zero-order valence-electron chi connectivity index (χ0n) is 20.1. The molecule has 1 heterocycles. The second-order valence-corrected chi connectivity index (χ2v) is 8.46. The third kappa shape index (κ3) is 7.67. The van der Waals surface area contributed by atoms with Gasteiger partial charge in [-0.25, -0.2) is 0 Å². The Balaban J connectivity index is 1.40. The maximum atomic E-state index is 12.4. The van der Waals surface area contributed by atoms with Gasteiger partial charge in [0.1, 0.15) is 22.3 Å². The van der Waals surface area contributed by atoms with Crippen LogP contribution in [-0.4, -0.2) is 62.3 Å². The van der Waals surface area contributed by atoms with Crippen LogP contribution in [0.4, 0.5) is 5.13 Å². The van der Waals surface area contributed by atoms with Crippen LogP contribution in [0, 0.1) is 0 Å². The summed E-state index contributed by atoms with van der Waals surface area (Å²) in [6.45, 7) is 0.492. The van der Waals surface area contributed by atoms with Crippen LogP contribution in [0.1, 0.15) is 32.1 Å². The Morgan fingerprint density at radius 3 is 2.14 bits per heavy atom. The van der Waals surface area contributed by atoms with E-state index in [1.54, 1.807) is 49.6 Å². The summed E-state index contributed by atoms with van der Waals surface area (Å²) >= 11 is 1.22. The Morgan fingerprint density at radius 1 is 0.806 bits per heavy atom. The van der Waals surface area contributed by atoms with Crippen molar-refractivity contribution in [2.75, 3.05) is 39.7 Å². The summed E-state index contributed by atoms with van der Waals surface area (Å²) in [6, 6.07) is 11.7. The summed E-state index contributed by atoms with van der Waals surface area (Å²) in [4.78, 5) is 36.9. The number of rotatable bonds is 12. The van der Waals surface area contributed by atoms with Crippen molar-refractivity contribution in [3.63, 3.8) is 0 Å². The molecule has 0 aliphatic heterocycles. The first kappa shape index (κ1) is 26.4. The van der Waals surface area contributed by atoms with Crippen LogP contribution in [0.5, 0.6) is 17.2 Å². The molecular formula is C24H27N5O6S. The van der Waals surface area contributed by atoms with Gasteiger partial charge >= 0.3 is 0 Å². The molecule has 0 saturated carbocycles. The molecule has 3 N–H and O–H groups in total. The molecular weight excluding hydrogens is 486 g/mol. The van der Waals surface area contributed by atoms with Crippen molar-refractivity contribution in [1.29, 1.82) is 0 Å². The highest BCUT2D eigenvalue weighted by Gasteiger charge is 2.12. The molecule has 0 aliphatic carbocycles. The standard InChI is InChI=1S/C24H27N5O6S/c1-33-17-6-4-5-15(11-17)22(31)26-10-8-21-28-29-24(36-21)27-20(30)7-9-25-23(32)16-12-18(34-2)14-19(13-16)35-3/h4-6,11-14H,7-10H2,1-3H3,(H,25,32)(H,26,31)(H,27,29,30). The molecule has 0 aliphatic rings. The number of nitrogens with zero attached hydrogens (tertiary/aromatic N) is 2. The number of carbonyl (C=O) groups is 3. The molecule has 12 heteroatoms. The van der Waals surface area contributed by atoms with Gasteiger partial charge in [-0.15, -0.1) is 10.2 Å². The predicted molar refractivity (Wildman–Crippen MR) is 134 cm³/mol. The minimum atomic E-state index is -0.353. The van der Waals surface area contributed by atoms with Gasteiger partial charge in [-0.05, 0) is 30.3 Å². The van der Waals surface area contributed by atoms with Gasteiger partial charge in [0.2, 0.25) is 11.0 Å². The Hall–Kier alpha value is -4.19. The maximum Gasteiger partial charge on any atom is 0.251 e. The van der Waals surface area contributed by atoms with E-state index in [1.807, 2.05) is 0 Å². The van der Waals surface area contributed by atoms with Crippen LogP contribution >= 0.6 is 11.3 Å². The fraction of sp³-hybridized carbons (Fsp3) is 0.292. The van der Waals surface area contributed by atoms with E-state index in [2.05, 4.69) is 26.1 Å². The summed E-state index contributed by atoms with van der Waals surface area (Å²) in [7, 11) is 4.54. The lowest BCUT2D eigenvalue weighted by molar-refractivity contribution is -0.116. The Labute approximate surface area is 212 Å². The van der Waals surface area contributed by atoms with E-state index in [4.69, 9.17) is 14.2 Å². The molecule has 0 unspecified atom stereocenters. The number of benzene rings is 2. The fourth-order valence-electron chi connectivity index (χ4n) is 3.07. The number of amides is 3. The van der Waals surface area contributed by atoms with Crippen LogP contribution in [0.15, 0.2) is 42.5 Å².